The lowest BCUT2D eigenvalue weighted by molar-refractivity contribution is 0.707. The van der Waals surface area contributed by atoms with Gasteiger partial charge in [-0.15, -0.1) is 11.3 Å². The van der Waals surface area contributed by atoms with E-state index in [9.17, 15) is 9.59 Å². The Morgan fingerprint density at radius 2 is 2.19 bits per heavy atom. The first-order chi connectivity index (χ1) is 7.56. The first-order valence-corrected chi connectivity index (χ1v) is 6.34. The maximum atomic E-state index is 11.5. The Labute approximate surface area is 108 Å². The van der Waals surface area contributed by atoms with Crippen molar-refractivity contribution in [2.75, 3.05) is 0 Å². The van der Waals surface area contributed by atoms with Crippen LogP contribution in [0, 0.1) is 0 Å². The summed E-state index contributed by atoms with van der Waals surface area (Å²) in [5, 5.41) is 1.95. The second kappa shape index (κ2) is 4.57. The number of nitrogens with zero attached hydrogens (tertiary/aromatic N) is 1. The summed E-state index contributed by atoms with van der Waals surface area (Å²) in [4.78, 5) is 26.3. The smallest absolute Gasteiger partial charge is 0.298 e. The highest BCUT2D eigenvalue weighted by atomic mass is 79.9. The van der Waals surface area contributed by atoms with Crippen LogP contribution in [0.15, 0.2) is 31.6 Å². The molecule has 2 aromatic rings. The van der Waals surface area contributed by atoms with E-state index < -0.39 is 11.2 Å². The van der Waals surface area contributed by atoms with Gasteiger partial charge in [0, 0.05) is 20.8 Å². The second-order valence-corrected chi connectivity index (χ2v) is 5.40. The number of hydrogen-bond acceptors (Lipinski definition) is 3. The van der Waals surface area contributed by atoms with Crippen molar-refractivity contribution in [1.82, 2.24) is 9.55 Å². The van der Waals surface area contributed by atoms with Crippen molar-refractivity contribution in [1.29, 1.82) is 0 Å². The summed E-state index contributed by atoms with van der Waals surface area (Å²) in [6, 6.07) is 3.05. The molecule has 0 radical (unpaired) electrons. The molecule has 84 valence electrons. The molecule has 0 unspecified atom stereocenters. The number of rotatable bonds is 2. The van der Waals surface area contributed by atoms with Crippen LogP contribution in [0.2, 0.25) is 5.15 Å². The minimum Gasteiger partial charge on any atom is -0.298 e. The van der Waals surface area contributed by atoms with Gasteiger partial charge in [-0.3, -0.25) is 14.3 Å². The van der Waals surface area contributed by atoms with E-state index in [1.807, 2.05) is 11.4 Å². The van der Waals surface area contributed by atoms with Crippen molar-refractivity contribution in [2.45, 2.75) is 6.54 Å². The van der Waals surface area contributed by atoms with Crippen LogP contribution in [0.1, 0.15) is 4.88 Å². The Kier molecular flexibility index (Phi) is 3.32. The third-order valence-electron chi connectivity index (χ3n) is 1.92. The van der Waals surface area contributed by atoms with Crippen molar-refractivity contribution in [3.05, 3.63) is 52.9 Å². The third kappa shape index (κ3) is 2.45. The highest BCUT2D eigenvalue weighted by molar-refractivity contribution is 9.10. The van der Waals surface area contributed by atoms with E-state index in [-0.39, 0.29) is 11.7 Å². The lowest BCUT2D eigenvalue weighted by Gasteiger charge is -2.01. The number of H-pyrrole nitrogens is 1. The maximum absolute atomic E-state index is 11.5. The first kappa shape index (κ1) is 11.6. The Morgan fingerprint density at radius 1 is 1.44 bits per heavy atom. The summed E-state index contributed by atoms with van der Waals surface area (Å²) >= 11 is 10.3. The van der Waals surface area contributed by atoms with Gasteiger partial charge in [-0.05, 0) is 22.0 Å². The molecule has 0 spiro atoms. The summed E-state index contributed by atoms with van der Waals surface area (Å²) in [6.07, 6.45) is 0. The molecule has 0 fully saturated rings. The predicted molar refractivity (Wildman–Crippen MR) is 67.5 cm³/mol. The van der Waals surface area contributed by atoms with Gasteiger partial charge in [0.2, 0.25) is 0 Å². The molecular formula is C9H6BrClN2O2S. The quantitative estimate of drug-likeness (QED) is 0.861. The van der Waals surface area contributed by atoms with E-state index in [4.69, 9.17) is 11.6 Å². The largest absolute Gasteiger partial charge is 0.329 e. The van der Waals surface area contributed by atoms with Crippen molar-refractivity contribution >= 4 is 38.9 Å². The first-order valence-electron chi connectivity index (χ1n) is 4.29. The van der Waals surface area contributed by atoms with Gasteiger partial charge < -0.3 is 0 Å². The average molecular weight is 322 g/mol. The van der Waals surface area contributed by atoms with E-state index >= 15 is 0 Å². The molecule has 0 aromatic carbocycles. The number of thiophene rings is 1. The number of hydrogen-bond donors (Lipinski definition) is 1. The highest BCUT2D eigenvalue weighted by Gasteiger charge is 2.05. The van der Waals surface area contributed by atoms with Crippen LogP contribution in [-0.2, 0) is 6.54 Å². The monoisotopic (exact) mass is 320 g/mol. The Balaban J connectivity index is 2.43. The maximum Gasteiger partial charge on any atom is 0.329 e. The molecule has 0 aliphatic heterocycles. The zero-order valence-electron chi connectivity index (χ0n) is 7.87. The summed E-state index contributed by atoms with van der Waals surface area (Å²) in [7, 11) is 0. The summed E-state index contributed by atoms with van der Waals surface area (Å²) in [5.41, 5.74) is -0.903. The summed E-state index contributed by atoms with van der Waals surface area (Å²) in [5.74, 6) is 0. The van der Waals surface area contributed by atoms with Crippen LogP contribution in [0.4, 0.5) is 0 Å². The fourth-order valence-electron chi connectivity index (χ4n) is 1.23. The fourth-order valence-corrected chi connectivity index (χ4v) is 2.85. The standard InChI is InChI=1S/C9H6BrClN2O2S/c10-5-1-6(16-4-5)3-13-8(14)2-7(11)12-9(13)15/h1-2,4H,3H2,(H,12,15). The van der Waals surface area contributed by atoms with Crippen molar-refractivity contribution in [2.24, 2.45) is 0 Å². The number of halogens is 2. The van der Waals surface area contributed by atoms with E-state index in [1.54, 1.807) is 0 Å². The van der Waals surface area contributed by atoms with E-state index in [0.717, 1.165) is 13.9 Å². The van der Waals surface area contributed by atoms with Crippen LogP contribution < -0.4 is 11.2 Å². The minimum atomic E-state index is -0.498. The van der Waals surface area contributed by atoms with Gasteiger partial charge in [0.05, 0.1) is 6.54 Å². The molecule has 0 saturated heterocycles. The predicted octanol–water partition coefficient (Wildman–Crippen LogP) is 2.06. The average Bonchev–Trinajstić information content (AvgIpc) is 2.58. The zero-order chi connectivity index (χ0) is 11.7. The van der Waals surface area contributed by atoms with Crippen molar-refractivity contribution in [3.8, 4) is 0 Å². The van der Waals surface area contributed by atoms with E-state index in [1.165, 1.54) is 17.4 Å². The van der Waals surface area contributed by atoms with Gasteiger partial charge in [0.25, 0.3) is 5.56 Å². The summed E-state index contributed by atoms with van der Waals surface area (Å²) in [6.45, 7) is 0.252. The molecule has 1 N–H and O–H groups in total. The number of aromatic nitrogens is 2. The Bertz CT molecular complexity index is 600. The van der Waals surface area contributed by atoms with Crippen molar-refractivity contribution in [3.63, 3.8) is 0 Å². The highest BCUT2D eigenvalue weighted by Crippen LogP contribution is 2.19. The molecule has 0 aliphatic carbocycles. The molecule has 0 bridgehead atoms. The minimum absolute atomic E-state index is 0.0543. The molecule has 2 aromatic heterocycles. The van der Waals surface area contributed by atoms with Gasteiger partial charge in [-0.1, -0.05) is 11.6 Å². The molecule has 0 saturated carbocycles. The van der Waals surface area contributed by atoms with Gasteiger partial charge in [-0.25, -0.2) is 4.79 Å². The Morgan fingerprint density at radius 3 is 2.75 bits per heavy atom. The number of aromatic amines is 1. The second-order valence-electron chi connectivity index (χ2n) is 3.08. The van der Waals surface area contributed by atoms with E-state index in [2.05, 4.69) is 20.9 Å². The molecule has 2 rings (SSSR count). The SMILES string of the molecule is O=c1cc(Cl)[nH]c(=O)n1Cc1cc(Br)cs1. The van der Waals surface area contributed by atoms with Crippen LogP contribution in [0.3, 0.4) is 0 Å². The van der Waals surface area contributed by atoms with Crippen LogP contribution in [0.25, 0.3) is 0 Å². The molecule has 2 heterocycles. The van der Waals surface area contributed by atoms with Crippen LogP contribution in [0.5, 0.6) is 0 Å². The van der Waals surface area contributed by atoms with E-state index in [0.29, 0.717) is 0 Å². The topological polar surface area (TPSA) is 54.9 Å². The summed E-state index contributed by atoms with van der Waals surface area (Å²) < 4.78 is 2.04. The van der Waals surface area contributed by atoms with Crippen LogP contribution in [-0.4, -0.2) is 9.55 Å². The molecule has 4 nitrogen and oxygen atoms in total. The van der Waals surface area contributed by atoms with Gasteiger partial charge in [-0.2, -0.15) is 0 Å². The molecular weight excluding hydrogens is 316 g/mol. The fraction of sp³-hybridized carbons (Fsp3) is 0.111. The molecule has 0 aliphatic rings. The molecule has 7 heteroatoms. The van der Waals surface area contributed by atoms with Crippen molar-refractivity contribution < 1.29 is 0 Å². The lowest BCUT2D eigenvalue weighted by Crippen LogP contribution is -2.34. The van der Waals surface area contributed by atoms with Gasteiger partial charge in [0.1, 0.15) is 5.15 Å². The molecule has 0 atom stereocenters. The van der Waals surface area contributed by atoms with Crippen LogP contribution >= 0.6 is 38.9 Å². The van der Waals surface area contributed by atoms with Gasteiger partial charge >= 0.3 is 5.69 Å². The van der Waals surface area contributed by atoms with Gasteiger partial charge in [0.15, 0.2) is 0 Å². The zero-order valence-corrected chi connectivity index (χ0v) is 11.0. The molecule has 16 heavy (non-hydrogen) atoms. The molecule has 0 amide bonds. The number of nitrogens with one attached hydrogen (secondary N) is 1. The lowest BCUT2D eigenvalue weighted by atomic mass is 10.4. The third-order valence-corrected chi connectivity index (χ3v) is 3.81. The Hall–Kier alpha value is -0.850. The normalized spacial score (nSPS) is 10.6.